The van der Waals surface area contributed by atoms with E-state index >= 15 is 0 Å². The van der Waals surface area contributed by atoms with Crippen LogP contribution in [0.3, 0.4) is 0 Å². The van der Waals surface area contributed by atoms with Crippen molar-refractivity contribution in [2.24, 2.45) is 0 Å². The predicted molar refractivity (Wildman–Crippen MR) is 123 cm³/mol. The van der Waals surface area contributed by atoms with Gasteiger partial charge in [-0.1, -0.05) is 18.7 Å². The Morgan fingerprint density at radius 3 is 2.09 bits per heavy atom. The number of rotatable bonds is 10. The maximum atomic E-state index is 13.2. The van der Waals surface area contributed by atoms with Crippen molar-refractivity contribution in [1.82, 2.24) is 0 Å². The van der Waals surface area contributed by atoms with E-state index in [9.17, 15) is 13.2 Å². The van der Waals surface area contributed by atoms with Crippen molar-refractivity contribution in [2.75, 3.05) is 13.7 Å². The molecule has 8 heteroatoms. The van der Waals surface area contributed by atoms with Gasteiger partial charge in [0.05, 0.1) is 29.9 Å². The third-order valence-electron chi connectivity index (χ3n) is 4.51. The highest BCUT2D eigenvalue weighted by atomic mass is 32.2. The smallest absolute Gasteiger partial charge is 0.307 e. The van der Waals surface area contributed by atoms with Gasteiger partial charge in [0.1, 0.15) is 11.5 Å². The molecular weight excluding hydrogens is 448 g/mol. The van der Waals surface area contributed by atoms with E-state index in [1.54, 1.807) is 37.4 Å². The zero-order valence-corrected chi connectivity index (χ0v) is 19.4. The van der Waals surface area contributed by atoms with Crippen molar-refractivity contribution in [2.45, 2.75) is 39.3 Å². The fourth-order valence-corrected chi connectivity index (χ4v) is 5.13. The molecule has 1 N–H and O–H groups in total. The van der Waals surface area contributed by atoms with E-state index in [2.05, 4.69) is 0 Å². The standard InChI is InChI=1S/C24H24O6S2/c1-3-12-30-19-13-17(15-24(25)26)14-23(16-19)32(27,28)22-10-8-21(9-11-22)31-20-6-4-18(29-2)5-7-20/h4-11,13-14,16H,3,12,15H2,1-2H3,(H,25,26). The van der Waals surface area contributed by atoms with Crippen molar-refractivity contribution in [3.8, 4) is 11.5 Å². The molecule has 3 aromatic rings. The number of ether oxygens (including phenoxy) is 2. The number of carboxylic acid groups (broad SMARTS) is 1. The summed E-state index contributed by atoms with van der Waals surface area (Å²) >= 11 is 1.51. The second-order valence-corrected chi connectivity index (χ2v) is 10.1. The summed E-state index contributed by atoms with van der Waals surface area (Å²) < 4.78 is 37.2. The lowest BCUT2D eigenvalue weighted by Crippen LogP contribution is -2.07. The Labute approximate surface area is 192 Å². The largest absolute Gasteiger partial charge is 0.497 e. The molecule has 0 bridgehead atoms. The van der Waals surface area contributed by atoms with E-state index in [0.717, 1.165) is 22.0 Å². The molecule has 0 saturated heterocycles. The fourth-order valence-electron chi connectivity index (χ4n) is 2.97. The van der Waals surface area contributed by atoms with Crippen molar-refractivity contribution in [3.05, 3.63) is 72.3 Å². The van der Waals surface area contributed by atoms with Crippen LogP contribution in [0.1, 0.15) is 18.9 Å². The van der Waals surface area contributed by atoms with Gasteiger partial charge in [-0.3, -0.25) is 4.79 Å². The topological polar surface area (TPSA) is 89.9 Å². The number of aliphatic carboxylic acids is 1. The molecule has 0 aliphatic heterocycles. The van der Waals surface area contributed by atoms with Crippen molar-refractivity contribution in [1.29, 1.82) is 0 Å². The number of carbonyl (C=O) groups is 1. The maximum absolute atomic E-state index is 13.2. The molecule has 0 unspecified atom stereocenters. The molecule has 0 spiro atoms. The molecule has 3 aromatic carbocycles. The van der Waals surface area contributed by atoms with Gasteiger partial charge in [-0.05, 0) is 78.7 Å². The Hall–Kier alpha value is -2.97. The van der Waals surface area contributed by atoms with E-state index < -0.39 is 15.8 Å². The van der Waals surface area contributed by atoms with E-state index in [0.29, 0.717) is 17.9 Å². The first-order valence-corrected chi connectivity index (χ1v) is 12.3. The van der Waals surface area contributed by atoms with Gasteiger partial charge in [0.2, 0.25) is 9.84 Å². The Kier molecular flexibility index (Phi) is 7.82. The summed E-state index contributed by atoms with van der Waals surface area (Å²) in [4.78, 5) is 13.2. The minimum atomic E-state index is -3.84. The highest BCUT2D eigenvalue weighted by Gasteiger charge is 2.20. The van der Waals surface area contributed by atoms with Crippen LogP contribution in [0.15, 0.2) is 86.3 Å². The van der Waals surface area contributed by atoms with E-state index in [1.165, 1.54) is 23.9 Å². The summed E-state index contributed by atoms with van der Waals surface area (Å²) in [7, 11) is -2.23. The molecule has 0 aliphatic carbocycles. The maximum Gasteiger partial charge on any atom is 0.307 e. The molecule has 0 radical (unpaired) electrons. The van der Waals surface area contributed by atoms with Crippen molar-refractivity contribution in [3.63, 3.8) is 0 Å². The molecule has 0 saturated carbocycles. The molecule has 32 heavy (non-hydrogen) atoms. The number of sulfone groups is 1. The van der Waals surface area contributed by atoms with E-state index in [1.807, 2.05) is 31.2 Å². The zero-order valence-electron chi connectivity index (χ0n) is 17.8. The van der Waals surface area contributed by atoms with Gasteiger partial charge >= 0.3 is 5.97 Å². The summed E-state index contributed by atoms with van der Waals surface area (Å²) in [6, 6.07) is 18.6. The van der Waals surface area contributed by atoms with E-state index in [4.69, 9.17) is 14.6 Å². The Balaban J connectivity index is 1.86. The molecule has 6 nitrogen and oxygen atoms in total. The molecule has 0 heterocycles. The number of hydrogen-bond acceptors (Lipinski definition) is 6. The summed E-state index contributed by atoms with van der Waals surface area (Å²) in [6.45, 7) is 2.34. The van der Waals surface area contributed by atoms with Crippen LogP contribution in [0.4, 0.5) is 0 Å². The van der Waals surface area contributed by atoms with Crippen LogP contribution in [0, 0.1) is 0 Å². The average Bonchev–Trinajstić information content (AvgIpc) is 2.78. The van der Waals surface area contributed by atoms with Crippen LogP contribution in [-0.4, -0.2) is 33.2 Å². The molecule has 0 fully saturated rings. The monoisotopic (exact) mass is 472 g/mol. The number of benzene rings is 3. The number of carboxylic acids is 1. The van der Waals surface area contributed by atoms with Crippen LogP contribution in [0.25, 0.3) is 0 Å². The summed E-state index contributed by atoms with van der Waals surface area (Å²) in [6.07, 6.45) is 0.460. The predicted octanol–water partition coefficient (Wildman–Crippen LogP) is 5.10. The highest BCUT2D eigenvalue weighted by Crippen LogP contribution is 2.32. The van der Waals surface area contributed by atoms with Gasteiger partial charge < -0.3 is 14.6 Å². The van der Waals surface area contributed by atoms with Gasteiger partial charge in [0.15, 0.2) is 0 Å². The molecular formula is C24H24O6S2. The average molecular weight is 473 g/mol. The zero-order chi connectivity index (χ0) is 23.1. The summed E-state index contributed by atoms with van der Waals surface area (Å²) in [5, 5.41) is 9.13. The normalized spacial score (nSPS) is 11.2. The number of methoxy groups -OCH3 is 1. The third kappa shape index (κ3) is 6.05. The molecule has 0 aliphatic rings. The van der Waals surface area contributed by atoms with Crippen LogP contribution < -0.4 is 9.47 Å². The molecule has 0 amide bonds. The first kappa shape index (κ1) is 23.7. The van der Waals surface area contributed by atoms with Crippen LogP contribution >= 0.6 is 11.8 Å². The van der Waals surface area contributed by atoms with Gasteiger partial charge in [0.25, 0.3) is 0 Å². The minimum Gasteiger partial charge on any atom is -0.497 e. The van der Waals surface area contributed by atoms with Gasteiger partial charge in [-0.2, -0.15) is 0 Å². The van der Waals surface area contributed by atoms with Gasteiger partial charge in [-0.25, -0.2) is 8.42 Å². The second-order valence-electron chi connectivity index (χ2n) is 6.98. The lowest BCUT2D eigenvalue weighted by atomic mass is 10.1. The third-order valence-corrected chi connectivity index (χ3v) is 7.27. The first-order chi connectivity index (χ1) is 15.3. The summed E-state index contributed by atoms with van der Waals surface area (Å²) in [5.74, 6) is 0.0694. The molecule has 168 valence electrons. The lowest BCUT2D eigenvalue weighted by molar-refractivity contribution is -0.136. The molecule has 0 atom stereocenters. The number of hydrogen-bond donors (Lipinski definition) is 1. The second kappa shape index (κ2) is 10.6. The van der Waals surface area contributed by atoms with Gasteiger partial charge in [-0.15, -0.1) is 0 Å². The summed E-state index contributed by atoms with van der Waals surface area (Å²) in [5.41, 5.74) is 0.372. The van der Waals surface area contributed by atoms with Crippen LogP contribution in [-0.2, 0) is 21.1 Å². The molecule has 3 rings (SSSR count). The quantitative estimate of drug-likeness (QED) is 0.439. The Morgan fingerprint density at radius 1 is 0.906 bits per heavy atom. The van der Waals surface area contributed by atoms with E-state index in [-0.39, 0.29) is 16.2 Å². The SMILES string of the molecule is CCCOc1cc(CC(=O)O)cc(S(=O)(=O)c2ccc(Sc3ccc(OC)cc3)cc2)c1. The Bertz CT molecular complexity index is 1170. The lowest BCUT2D eigenvalue weighted by Gasteiger charge is -2.11. The Morgan fingerprint density at radius 2 is 1.53 bits per heavy atom. The fraction of sp³-hybridized carbons (Fsp3) is 0.208. The van der Waals surface area contributed by atoms with Gasteiger partial charge in [0, 0.05) is 9.79 Å². The first-order valence-electron chi connectivity index (χ1n) is 9.97. The molecule has 0 aromatic heterocycles. The minimum absolute atomic E-state index is 0.0120. The van der Waals surface area contributed by atoms with Crippen LogP contribution in [0.5, 0.6) is 11.5 Å². The highest BCUT2D eigenvalue weighted by molar-refractivity contribution is 7.99. The van der Waals surface area contributed by atoms with Crippen molar-refractivity contribution < 1.29 is 27.8 Å². The van der Waals surface area contributed by atoms with Crippen LogP contribution in [0.2, 0.25) is 0 Å². The van der Waals surface area contributed by atoms with Crippen molar-refractivity contribution >= 4 is 27.6 Å².